The van der Waals surface area contributed by atoms with Gasteiger partial charge in [-0.25, -0.2) is 4.98 Å². The number of aromatic nitrogens is 3. The van der Waals surface area contributed by atoms with Crippen LogP contribution in [0.4, 0.5) is 17.1 Å². The average molecular weight is 516 g/mol. The zero-order valence-electron chi connectivity index (χ0n) is 18.8. The first-order chi connectivity index (χ1) is 17.8. The van der Waals surface area contributed by atoms with E-state index >= 15 is 0 Å². The van der Waals surface area contributed by atoms with Crippen LogP contribution in [0.3, 0.4) is 0 Å². The first kappa shape index (κ1) is 23.7. The van der Waals surface area contributed by atoms with Gasteiger partial charge in [-0.1, -0.05) is 30.0 Å². The lowest BCUT2D eigenvalue weighted by Gasteiger charge is -2.12. The molecule has 0 radical (unpaired) electrons. The number of benzene rings is 3. The number of nitro groups is 2. The number of fused-ring (bicyclic) bond motifs is 3. The molecule has 0 unspecified atom stereocenters. The lowest BCUT2D eigenvalue weighted by molar-refractivity contribution is -0.385. The summed E-state index contributed by atoms with van der Waals surface area (Å²) < 4.78 is 1.30. The Morgan fingerprint density at radius 3 is 2.22 bits per heavy atom. The lowest BCUT2D eigenvalue weighted by Crippen LogP contribution is -2.23. The summed E-state index contributed by atoms with van der Waals surface area (Å²) in [7, 11) is 0. The van der Waals surface area contributed by atoms with Crippen molar-refractivity contribution in [2.24, 2.45) is 0 Å². The molecule has 0 atom stereocenters. The normalized spacial score (nSPS) is 11.0. The molecule has 12 nitrogen and oxygen atoms in total. The maximum atomic E-state index is 13.5. The molecule has 2 aromatic heterocycles. The third kappa shape index (κ3) is 4.62. The van der Waals surface area contributed by atoms with E-state index in [2.05, 4.69) is 15.3 Å². The SMILES string of the molecule is O=C(CSc1nc2c([nH]c3ccccc32)c(=O)n1-c1ccc([N+](=O)[O-])cc1)Nc1ccc([N+](=O)[O-])cc1. The van der Waals surface area contributed by atoms with E-state index in [1.165, 1.54) is 53.1 Å². The van der Waals surface area contributed by atoms with E-state index in [-0.39, 0.29) is 27.8 Å². The van der Waals surface area contributed by atoms with E-state index in [9.17, 15) is 29.8 Å². The number of para-hydroxylation sites is 1. The highest BCUT2D eigenvalue weighted by Crippen LogP contribution is 2.27. The number of nitrogens with zero attached hydrogens (tertiary/aromatic N) is 4. The van der Waals surface area contributed by atoms with Gasteiger partial charge in [0.1, 0.15) is 11.0 Å². The molecule has 184 valence electrons. The van der Waals surface area contributed by atoms with E-state index < -0.39 is 21.3 Å². The Labute approximate surface area is 211 Å². The smallest absolute Gasteiger partial charge is 0.283 e. The standard InChI is InChI=1S/C24H16N6O6S/c31-20(25-14-5-7-16(8-6-14)29(33)34)13-37-24-27-21-18-3-1-2-4-19(18)26-22(21)23(32)28(24)15-9-11-17(12-10-15)30(35)36/h1-12,26H,13H2,(H,25,31). The van der Waals surface area contributed by atoms with Gasteiger partial charge in [0.2, 0.25) is 5.91 Å². The molecule has 37 heavy (non-hydrogen) atoms. The topological polar surface area (TPSA) is 166 Å². The van der Waals surface area contributed by atoms with Crippen molar-refractivity contribution < 1.29 is 14.6 Å². The summed E-state index contributed by atoms with van der Waals surface area (Å²) in [6, 6.07) is 18.1. The molecule has 13 heteroatoms. The van der Waals surface area contributed by atoms with Crippen molar-refractivity contribution in [3.63, 3.8) is 0 Å². The second kappa shape index (κ2) is 9.54. The summed E-state index contributed by atoms with van der Waals surface area (Å²) in [5, 5.41) is 25.5. The molecular formula is C24H16N6O6S. The van der Waals surface area contributed by atoms with Gasteiger partial charge in [0.25, 0.3) is 16.9 Å². The lowest BCUT2D eigenvalue weighted by atomic mass is 10.2. The summed E-state index contributed by atoms with van der Waals surface area (Å²) in [4.78, 5) is 54.7. The van der Waals surface area contributed by atoms with Crippen LogP contribution in [0.2, 0.25) is 0 Å². The molecular weight excluding hydrogens is 500 g/mol. The van der Waals surface area contributed by atoms with E-state index in [1.807, 2.05) is 24.3 Å². The van der Waals surface area contributed by atoms with Gasteiger partial charge in [0, 0.05) is 40.9 Å². The van der Waals surface area contributed by atoms with Gasteiger partial charge in [-0.05, 0) is 30.3 Å². The first-order valence-corrected chi connectivity index (χ1v) is 11.8. The van der Waals surface area contributed by atoms with Crippen LogP contribution in [0, 0.1) is 20.2 Å². The van der Waals surface area contributed by atoms with Crippen LogP contribution < -0.4 is 10.9 Å². The summed E-state index contributed by atoms with van der Waals surface area (Å²) in [5.74, 6) is -0.535. The van der Waals surface area contributed by atoms with Crippen molar-refractivity contribution in [3.05, 3.63) is 103 Å². The van der Waals surface area contributed by atoms with Crippen molar-refractivity contribution in [3.8, 4) is 5.69 Å². The number of carbonyl (C=O) groups excluding carboxylic acids is 1. The molecule has 0 saturated carbocycles. The zero-order chi connectivity index (χ0) is 26.1. The molecule has 5 aromatic rings. The number of nitro benzene ring substituents is 2. The van der Waals surface area contributed by atoms with E-state index in [0.717, 1.165) is 22.7 Å². The second-order valence-electron chi connectivity index (χ2n) is 7.84. The number of nitrogens with one attached hydrogen (secondary N) is 2. The van der Waals surface area contributed by atoms with Gasteiger partial charge in [-0.15, -0.1) is 0 Å². The molecule has 2 N–H and O–H groups in total. The van der Waals surface area contributed by atoms with Gasteiger partial charge >= 0.3 is 0 Å². The predicted octanol–water partition coefficient (Wildman–Crippen LogP) is 4.41. The number of carbonyl (C=O) groups is 1. The Bertz CT molecular complexity index is 1740. The van der Waals surface area contributed by atoms with E-state index in [1.54, 1.807) is 0 Å². The molecule has 0 saturated heterocycles. The Hall–Kier alpha value is -5.04. The monoisotopic (exact) mass is 516 g/mol. The molecule has 5 rings (SSSR count). The highest BCUT2D eigenvalue weighted by Gasteiger charge is 2.19. The van der Waals surface area contributed by atoms with Crippen LogP contribution in [0.5, 0.6) is 0 Å². The minimum Gasteiger partial charge on any atom is -0.349 e. The average Bonchev–Trinajstić information content (AvgIpc) is 3.27. The van der Waals surface area contributed by atoms with E-state index in [0.29, 0.717) is 16.9 Å². The van der Waals surface area contributed by atoms with Crippen LogP contribution in [0.15, 0.2) is 82.7 Å². The fourth-order valence-electron chi connectivity index (χ4n) is 3.78. The van der Waals surface area contributed by atoms with Gasteiger partial charge in [-0.3, -0.25) is 34.4 Å². The Kier molecular flexibility index (Phi) is 6.11. The summed E-state index contributed by atoms with van der Waals surface area (Å²) in [6.07, 6.45) is 0. The number of hydrogen-bond donors (Lipinski definition) is 2. The third-order valence-electron chi connectivity index (χ3n) is 5.51. The van der Waals surface area contributed by atoms with Crippen LogP contribution in [0.1, 0.15) is 0 Å². The maximum absolute atomic E-state index is 13.5. The molecule has 0 spiro atoms. The van der Waals surface area contributed by atoms with Crippen LogP contribution in [-0.2, 0) is 4.79 Å². The molecule has 0 aliphatic heterocycles. The molecule has 0 aliphatic rings. The molecule has 2 heterocycles. The number of amides is 1. The van der Waals surface area contributed by atoms with Crippen molar-refractivity contribution in [1.82, 2.24) is 14.5 Å². The zero-order valence-corrected chi connectivity index (χ0v) is 19.6. The van der Waals surface area contributed by atoms with E-state index in [4.69, 9.17) is 0 Å². The fourth-order valence-corrected chi connectivity index (χ4v) is 4.59. The summed E-state index contributed by atoms with van der Waals surface area (Å²) >= 11 is 1.01. The number of thioether (sulfide) groups is 1. The molecule has 0 fully saturated rings. The summed E-state index contributed by atoms with van der Waals surface area (Å²) in [6.45, 7) is 0. The fraction of sp³-hybridized carbons (Fsp3) is 0.0417. The highest BCUT2D eigenvalue weighted by molar-refractivity contribution is 7.99. The van der Waals surface area contributed by atoms with Gasteiger partial charge in [0.05, 0.1) is 21.3 Å². The molecule has 3 aromatic carbocycles. The largest absolute Gasteiger partial charge is 0.349 e. The van der Waals surface area contributed by atoms with Crippen LogP contribution in [0.25, 0.3) is 27.6 Å². The minimum absolute atomic E-state index is 0.101. The van der Waals surface area contributed by atoms with Gasteiger partial charge in [0.15, 0.2) is 5.16 Å². The van der Waals surface area contributed by atoms with Gasteiger partial charge in [-0.2, -0.15) is 0 Å². The quantitative estimate of drug-likeness (QED) is 0.139. The summed E-state index contributed by atoms with van der Waals surface area (Å²) in [5.41, 5.74) is 1.50. The Balaban J connectivity index is 1.51. The number of anilines is 1. The third-order valence-corrected chi connectivity index (χ3v) is 6.45. The van der Waals surface area contributed by atoms with Gasteiger partial charge < -0.3 is 10.3 Å². The van der Waals surface area contributed by atoms with Crippen LogP contribution >= 0.6 is 11.8 Å². The number of hydrogen-bond acceptors (Lipinski definition) is 8. The molecule has 1 amide bonds. The minimum atomic E-state index is -0.538. The number of rotatable bonds is 7. The number of aromatic amines is 1. The van der Waals surface area contributed by atoms with Crippen molar-refractivity contribution in [2.45, 2.75) is 5.16 Å². The van der Waals surface area contributed by atoms with Crippen molar-refractivity contribution in [1.29, 1.82) is 0 Å². The second-order valence-corrected chi connectivity index (χ2v) is 8.79. The highest BCUT2D eigenvalue weighted by atomic mass is 32.2. The molecule has 0 bridgehead atoms. The predicted molar refractivity (Wildman–Crippen MR) is 138 cm³/mol. The van der Waals surface area contributed by atoms with Crippen LogP contribution in [-0.4, -0.2) is 36.0 Å². The number of non-ortho nitro benzene ring substituents is 2. The Morgan fingerprint density at radius 1 is 0.946 bits per heavy atom. The number of H-pyrrole nitrogens is 1. The first-order valence-electron chi connectivity index (χ1n) is 10.8. The molecule has 0 aliphatic carbocycles. The van der Waals surface area contributed by atoms with Crippen molar-refractivity contribution in [2.75, 3.05) is 11.1 Å². The van der Waals surface area contributed by atoms with Crippen molar-refractivity contribution >= 4 is 56.7 Å². The Morgan fingerprint density at radius 2 is 1.57 bits per heavy atom. The maximum Gasteiger partial charge on any atom is 0.283 e.